The molecule has 0 bridgehead atoms. The molecule has 0 saturated carbocycles. The van der Waals surface area contributed by atoms with E-state index in [0.29, 0.717) is 11.6 Å². The molecule has 0 aliphatic rings. The molecule has 0 aliphatic heterocycles. The summed E-state index contributed by atoms with van der Waals surface area (Å²) >= 11 is 1.59. The SMILES string of the molecule is CC(C)CSC(C)C(=O)Nc1ccc(F)cc1N. The molecule has 0 spiro atoms. The number of nitrogen functional groups attached to an aromatic ring is 1. The summed E-state index contributed by atoms with van der Waals surface area (Å²) in [5.74, 6) is 0.945. The van der Waals surface area contributed by atoms with Gasteiger partial charge in [0, 0.05) is 0 Å². The van der Waals surface area contributed by atoms with Crippen LogP contribution in [0.5, 0.6) is 0 Å². The van der Waals surface area contributed by atoms with Gasteiger partial charge in [-0.05, 0) is 36.8 Å². The van der Waals surface area contributed by atoms with Gasteiger partial charge in [0.1, 0.15) is 5.82 Å². The lowest BCUT2D eigenvalue weighted by Crippen LogP contribution is -2.23. The third kappa shape index (κ3) is 4.56. The minimum Gasteiger partial charge on any atom is -0.397 e. The van der Waals surface area contributed by atoms with Crippen LogP contribution in [0.2, 0.25) is 0 Å². The molecule has 0 aromatic heterocycles. The lowest BCUT2D eigenvalue weighted by atomic mass is 10.2. The summed E-state index contributed by atoms with van der Waals surface area (Å²) in [5.41, 5.74) is 6.33. The molecule has 1 rings (SSSR count). The second-order valence-electron chi connectivity index (χ2n) is 4.59. The molecule has 3 nitrogen and oxygen atoms in total. The van der Waals surface area contributed by atoms with Crippen LogP contribution in [0.3, 0.4) is 0 Å². The molecule has 1 aromatic carbocycles. The maximum Gasteiger partial charge on any atom is 0.237 e. The van der Waals surface area contributed by atoms with Crippen molar-refractivity contribution < 1.29 is 9.18 Å². The molecule has 0 fully saturated rings. The molecule has 0 radical (unpaired) electrons. The fourth-order valence-corrected chi connectivity index (χ4v) is 2.18. The van der Waals surface area contributed by atoms with Crippen LogP contribution in [-0.2, 0) is 4.79 Å². The van der Waals surface area contributed by atoms with Crippen molar-refractivity contribution in [2.24, 2.45) is 5.92 Å². The van der Waals surface area contributed by atoms with E-state index >= 15 is 0 Å². The number of carbonyl (C=O) groups excluding carboxylic acids is 1. The van der Waals surface area contributed by atoms with E-state index in [4.69, 9.17) is 5.73 Å². The Morgan fingerprint density at radius 2 is 2.11 bits per heavy atom. The van der Waals surface area contributed by atoms with Crippen LogP contribution in [-0.4, -0.2) is 16.9 Å². The van der Waals surface area contributed by atoms with Gasteiger partial charge < -0.3 is 11.1 Å². The van der Waals surface area contributed by atoms with E-state index in [1.54, 1.807) is 11.8 Å². The molecule has 1 amide bonds. The highest BCUT2D eigenvalue weighted by molar-refractivity contribution is 8.00. The molecular weight excluding hydrogens is 251 g/mol. The van der Waals surface area contributed by atoms with Gasteiger partial charge in [-0.3, -0.25) is 4.79 Å². The van der Waals surface area contributed by atoms with Crippen molar-refractivity contribution in [3.05, 3.63) is 24.0 Å². The number of thioether (sulfide) groups is 1. The summed E-state index contributed by atoms with van der Waals surface area (Å²) in [7, 11) is 0. The van der Waals surface area contributed by atoms with E-state index < -0.39 is 5.82 Å². The zero-order chi connectivity index (χ0) is 13.7. The first kappa shape index (κ1) is 14.8. The van der Waals surface area contributed by atoms with Crippen LogP contribution in [0.1, 0.15) is 20.8 Å². The topological polar surface area (TPSA) is 55.1 Å². The number of rotatable bonds is 5. The van der Waals surface area contributed by atoms with Gasteiger partial charge >= 0.3 is 0 Å². The van der Waals surface area contributed by atoms with Crippen molar-refractivity contribution in [2.45, 2.75) is 26.0 Å². The lowest BCUT2D eigenvalue weighted by Gasteiger charge is -2.14. The average Bonchev–Trinajstić information content (AvgIpc) is 2.29. The fraction of sp³-hybridized carbons (Fsp3) is 0.462. The van der Waals surface area contributed by atoms with Crippen molar-refractivity contribution in [3.63, 3.8) is 0 Å². The number of nitrogens with one attached hydrogen (secondary N) is 1. The minimum absolute atomic E-state index is 0.112. The number of hydrogen-bond acceptors (Lipinski definition) is 3. The molecular formula is C13H19FN2OS. The number of nitrogens with two attached hydrogens (primary N) is 1. The van der Waals surface area contributed by atoms with E-state index in [2.05, 4.69) is 19.2 Å². The van der Waals surface area contributed by atoms with Gasteiger partial charge in [0.25, 0.3) is 0 Å². The highest BCUT2D eigenvalue weighted by Gasteiger charge is 2.15. The maximum atomic E-state index is 12.9. The molecule has 0 aliphatic carbocycles. The van der Waals surface area contributed by atoms with Gasteiger partial charge in [-0.1, -0.05) is 13.8 Å². The van der Waals surface area contributed by atoms with Crippen LogP contribution in [0, 0.1) is 11.7 Å². The first-order chi connectivity index (χ1) is 8.40. The molecule has 0 saturated heterocycles. The lowest BCUT2D eigenvalue weighted by molar-refractivity contribution is -0.115. The Morgan fingerprint density at radius 3 is 2.67 bits per heavy atom. The average molecular weight is 270 g/mol. The quantitative estimate of drug-likeness (QED) is 0.808. The van der Waals surface area contributed by atoms with Crippen molar-refractivity contribution in [2.75, 3.05) is 16.8 Å². The largest absolute Gasteiger partial charge is 0.397 e. The Balaban J connectivity index is 2.58. The standard InChI is InChI=1S/C13H19FN2OS/c1-8(2)7-18-9(3)13(17)16-12-5-4-10(14)6-11(12)15/h4-6,8-9H,7,15H2,1-3H3,(H,16,17). The van der Waals surface area contributed by atoms with Crippen LogP contribution in [0.15, 0.2) is 18.2 Å². The van der Waals surface area contributed by atoms with E-state index in [1.165, 1.54) is 18.2 Å². The first-order valence-corrected chi connectivity index (χ1v) is 6.92. The molecule has 0 heterocycles. The Bertz CT molecular complexity index is 423. The zero-order valence-electron chi connectivity index (χ0n) is 10.9. The van der Waals surface area contributed by atoms with Crippen LogP contribution < -0.4 is 11.1 Å². The molecule has 1 atom stereocenters. The first-order valence-electron chi connectivity index (χ1n) is 5.87. The summed E-state index contributed by atoms with van der Waals surface area (Å²) in [5, 5.41) is 2.55. The number of anilines is 2. The van der Waals surface area contributed by atoms with Gasteiger partial charge in [0.15, 0.2) is 0 Å². The molecule has 1 aromatic rings. The number of amides is 1. The number of carbonyl (C=O) groups is 1. The van der Waals surface area contributed by atoms with Gasteiger partial charge in [-0.25, -0.2) is 4.39 Å². The predicted molar refractivity (Wildman–Crippen MR) is 76.2 cm³/mol. The summed E-state index contributed by atoms with van der Waals surface area (Å²) < 4.78 is 12.9. The Labute approximate surface area is 111 Å². The van der Waals surface area contributed by atoms with Crippen molar-refractivity contribution in [1.82, 2.24) is 0 Å². The minimum atomic E-state index is -0.410. The number of benzene rings is 1. The highest BCUT2D eigenvalue weighted by atomic mass is 32.2. The van der Waals surface area contributed by atoms with E-state index in [0.717, 1.165) is 5.75 Å². The van der Waals surface area contributed by atoms with Crippen molar-refractivity contribution >= 4 is 29.0 Å². The number of hydrogen-bond donors (Lipinski definition) is 2. The predicted octanol–water partition coefficient (Wildman–Crippen LogP) is 3.12. The fourth-order valence-electron chi connectivity index (χ4n) is 1.29. The highest BCUT2D eigenvalue weighted by Crippen LogP contribution is 2.21. The maximum absolute atomic E-state index is 12.9. The van der Waals surface area contributed by atoms with Gasteiger partial charge in [-0.2, -0.15) is 0 Å². The summed E-state index contributed by atoms with van der Waals surface area (Å²) in [6, 6.07) is 3.95. The summed E-state index contributed by atoms with van der Waals surface area (Å²) in [6.07, 6.45) is 0. The summed E-state index contributed by atoms with van der Waals surface area (Å²) in [6.45, 7) is 6.06. The van der Waals surface area contributed by atoms with Crippen molar-refractivity contribution in [3.8, 4) is 0 Å². The third-order valence-corrected chi connectivity index (χ3v) is 3.89. The summed E-state index contributed by atoms with van der Waals surface area (Å²) in [4.78, 5) is 11.9. The smallest absolute Gasteiger partial charge is 0.237 e. The van der Waals surface area contributed by atoms with Crippen LogP contribution in [0.4, 0.5) is 15.8 Å². The van der Waals surface area contributed by atoms with Crippen LogP contribution >= 0.6 is 11.8 Å². The Kier molecular flexibility index (Phi) is 5.47. The second kappa shape index (κ2) is 6.64. The molecule has 5 heteroatoms. The molecule has 1 unspecified atom stereocenters. The Morgan fingerprint density at radius 1 is 1.44 bits per heavy atom. The number of halogens is 1. The van der Waals surface area contributed by atoms with E-state index in [9.17, 15) is 9.18 Å². The van der Waals surface area contributed by atoms with Crippen LogP contribution in [0.25, 0.3) is 0 Å². The zero-order valence-corrected chi connectivity index (χ0v) is 11.7. The van der Waals surface area contributed by atoms with E-state index in [1.807, 2.05) is 6.92 Å². The van der Waals surface area contributed by atoms with Gasteiger partial charge in [-0.15, -0.1) is 11.8 Å². The van der Waals surface area contributed by atoms with E-state index in [-0.39, 0.29) is 16.8 Å². The van der Waals surface area contributed by atoms with Gasteiger partial charge in [0.05, 0.1) is 16.6 Å². The second-order valence-corrected chi connectivity index (χ2v) is 5.96. The normalized spacial score (nSPS) is 12.5. The third-order valence-electron chi connectivity index (χ3n) is 2.32. The van der Waals surface area contributed by atoms with Crippen molar-refractivity contribution in [1.29, 1.82) is 0 Å². The Hall–Kier alpha value is -1.23. The molecule has 100 valence electrons. The molecule has 18 heavy (non-hydrogen) atoms. The monoisotopic (exact) mass is 270 g/mol. The molecule has 3 N–H and O–H groups in total. The van der Waals surface area contributed by atoms with Gasteiger partial charge in [0.2, 0.25) is 5.91 Å².